The molecule has 1 aromatic carbocycles. The van der Waals surface area contributed by atoms with Gasteiger partial charge in [0.05, 0.1) is 12.2 Å². The van der Waals surface area contributed by atoms with Crippen LogP contribution in [-0.2, 0) is 14.9 Å². The van der Waals surface area contributed by atoms with E-state index >= 15 is 0 Å². The molecule has 0 bridgehead atoms. The molecule has 6 nitrogen and oxygen atoms in total. The lowest BCUT2D eigenvalue weighted by Gasteiger charge is -2.34. The third-order valence-electron chi connectivity index (χ3n) is 3.91. The number of rotatable bonds is 7. The summed E-state index contributed by atoms with van der Waals surface area (Å²) in [4.78, 5) is 0. The highest BCUT2D eigenvalue weighted by atomic mass is 32.2. The van der Waals surface area contributed by atoms with Crippen LogP contribution in [0.2, 0.25) is 0 Å². The summed E-state index contributed by atoms with van der Waals surface area (Å²) in [5.41, 5.74) is 1.12. The Morgan fingerprint density at radius 1 is 1.25 bits per heavy atom. The van der Waals surface area contributed by atoms with Gasteiger partial charge in [-0.05, 0) is 31.4 Å². The zero-order valence-corrected chi connectivity index (χ0v) is 15.7. The van der Waals surface area contributed by atoms with E-state index in [9.17, 15) is 8.42 Å². The number of nitrogens with zero attached hydrogens (tertiary/aromatic N) is 1. The van der Waals surface area contributed by atoms with Crippen LogP contribution in [0.25, 0.3) is 0 Å². The van der Waals surface area contributed by atoms with E-state index in [1.807, 2.05) is 38.1 Å². The van der Waals surface area contributed by atoms with E-state index in [0.717, 1.165) is 11.3 Å². The number of para-hydroxylation sites is 1. The molecule has 2 rings (SSSR count). The standard InChI is InChI=1S/C17H28N2O4S/c1-13(2)16-7-5-6-8-17(16)22-10-9-18-24(20,21)19-11-14(3)23-15(4)12-19/h5-8,13-15,18H,9-12H2,1-4H3. The van der Waals surface area contributed by atoms with Crippen molar-refractivity contribution in [1.29, 1.82) is 0 Å². The van der Waals surface area contributed by atoms with Gasteiger partial charge in [-0.1, -0.05) is 32.0 Å². The van der Waals surface area contributed by atoms with Gasteiger partial charge in [-0.25, -0.2) is 0 Å². The highest BCUT2D eigenvalue weighted by Crippen LogP contribution is 2.25. The van der Waals surface area contributed by atoms with E-state index in [2.05, 4.69) is 18.6 Å². The van der Waals surface area contributed by atoms with Gasteiger partial charge in [0, 0.05) is 19.6 Å². The molecule has 1 fully saturated rings. The normalized spacial score (nSPS) is 22.7. The lowest BCUT2D eigenvalue weighted by atomic mass is 10.0. The zero-order chi connectivity index (χ0) is 17.7. The molecule has 7 heteroatoms. The topological polar surface area (TPSA) is 67.9 Å². The van der Waals surface area contributed by atoms with Gasteiger partial charge in [0.15, 0.2) is 0 Å². The molecule has 1 N–H and O–H groups in total. The largest absolute Gasteiger partial charge is 0.492 e. The number of nitrogens with one attached hydrogen (secondary N) is 1. The van der Waals surface area contributed by atoms with Crippen molar-refractivity contribution in [3.05, 3.63) is 29.8 Å². The summed E-state index contributed by atoms with van der Waals surface area (Å²) in [7, 11) is -3.51. The first-order chi connectivity index (χ1) is 11.3. The monoisotopic (exact) mass is 356 g/mol. The Hall–Kier alpha value is -1.15. The van der Waals surface area contributed by atoms with Crippen molar-refractivity contribution in [1.82, 2.24) is 9.03 Å². The van der Waals surface area contributed by atoms with Crippen LogP contribution in [0.3, 0.4) is 0 Å². The number of hydrogen-bond donors (Lipinski definition) is 1. The average molecular weight is 356 g/mol. The fourth-order valence-electron chi connectivity index (χ4n) is 2.84. The van der Waals surface area contributed by atoms with Crippen LogP contribution in [0.15, 0.2) is 24.3 Å². The fourth-order valence-corrected chi connectivity index (χ4v) is 4.18. The van der Waals surface area contributed by atoms with Gasteiger partial charge in [-0.2, -0.15) is 17.4 Å². The van der Waals surface area contributed by atoms with Crippen LogP contribution >= 0.6 is 0 Å². The Morgan fingerprint density at radius 2 is 1.88 bits per heavy atom. The second kappa shape index (κ2) is 8.29. The number of ether oxygens (including phenoxy) is 2. The van der Waals surface area contributed by atoms with Gasteiger partial charge in [0.2, 0.25) is 0 Å². The third kappa shape index (κ3) is 5.17. The molecule has 1 saturated heterocycles. The Balaban J connectivity index is 1.85. The van der Waals surface area contributed by atoms with E-state index in [-0.39, 0.29) is 18.8 Å². The van der Waals surface area contributed by atoms with Crippen molar-refractivity contribution in [2.75, 3.05) is 26.2 Å². The molecule has 0 radical (unpaired) electrons. The Bertz CT molecular complexity index is 623. The summed E-state index contributed by atoms with van der Waals surface area (Å²) in [5.74, 6) is 1.16. The summed E-state index contributed by atoms with van der Waals surface area (Å²) >= 11 is 0. The van der Waals surface area contributed by atoms with Crippen molar-refractivity contribution in [2.24, 2.45) is 0 Å². The molecule has 0 amide bonds. The third-order valence-corrected chi connectivity index (χ3v) is 5.46. The van der Waals surface area contributed by atoms with Gasteiger partial charge in [0.1, 0.15) is 12.4 Å². The maximum atomic E-state index is 12.4. The van der Waals surface area contributed by atoms with Gasteiger partial charge >= 0.3 is 0 Å². The SMILES string of the molecule is CC1CN(S(=O)(=O)NCCOc2ccccc2C(C)C)CC(C)O1. The predicted molar refractivity (Wildman–Crippen MR) is 94.5 cm³/mol. The van der Waals surface area contributed by atoms with E-state index in [1.54, 1.807) is 0 Å². The maximum Gasteiger partial charge on any atom is 0.279 e. The maximum absolute atomic E-state index is 12.4. The van der Waals surface area contributed by atoms with Crippen molar-refractivity contribution in [3.8, 4) is 5.75 Å². The highest BCUT2D eigenvalue weighted by molar-refractivity contribution is 7.87. The smallest absolute Gasteiger partial charge is 0.279 e. The van der Waals surface area contributed by atoms with E-state index in [4.69, 9.17) is 9.47 Å². The number of morpholine rings is 1. The van der Waals surface area contributed by atoms with Crippen LogP contribution < -0.4 is 9.46 Å². The molecule has 1 aromatic rings. The first-order valence-corrected chi connectivity index (χ1v) is 9.85. The molecule has 1 heterocycles. The molecule has 136 valence electrons. The second-order valence-electron chi connectivity index (χ2n) is 6.51. The first-order valence-electron chi connectivity index (χ1n) is 8.41. The fraction of sp³-hybridized carbons (Fsp3) is 0.647. The molecule has 2 atom stereocenters. The van der Waals surface area contributed by atoms with E-state index in [0.29, 0.717) is 25.6 Å². The lowest BCUT2D eigenvalue weighted by molar-refractivity contribution is -0.0444. The summed E-state index contributed by atoms with van der Waals surface area (Å²) in [6, 6.07) is 7.84. The van der Waals surface area contributed by atoms with Crippen LogP contribution in [0.5, 0.6) is 5.75 Å². The minimum absolute atomic E-state index is 0.0977. The van der Waals surface area contributed by atoms with Gasteiger partial charge in [0.25, 0.3) is 10.2 Å². The highest BCUT2D eigenvalue weighted by Gasteiger charge is 2.30. The molecule has 2 unspecified atom stereocenters. The van der Waals surface area contributed by atoms with Crippen molar-refractivity contribution >= 4 is 10.2 Å². The van der Waals surface area contributed by atoms with Crippen LogP contribution in [-0.4, -0.2) is 51.2 Å². The zero-order valence-electron chi connectivity index (χ0n) is 14.9. The van der Waals surface area contributed by atoms with Crippen LogP contribution in [0, 0.1) is 0 Å². The molecular weight excluding hydrogens is 328 g/mol. The first kappa shape index (κ1) is 19.2. The lowest BCUT2D eigenvalue weighted by Crippen LogP contribution is -2.52. The minimum Gasteiger partial charge on any atom is -0.492 e. The number of benzene rings is 1. The van der Waals surface area contributed by atoms with Crippen molar-refractivity contribution in [3.63, 3.8) is 0 Å². The van der Waals surface area contributed by atoms with Gasteiger partial charge < -0.3 is 9.47 Å². The van der Waals surface area contributed by atoms with Crippen molar-refractivity contribution in [2.45, 2.75) is 45.8 Å². The molecule has 0 aliphatic carbocycles. The van der Waals surface area contributed by atoms with Crippen LogP contribution in [0.1, 0.15) is 39.2 Å². The summed E-state index contributed by atoms with van der Waals surface area (Å²) in [6.45, 7) is 9.23. The molecule has 0 spiro atoms. The van der Waals surface area contributed by atoms with Crippen molar-refractivity contribution < 1.29 is 17.9 Å². The van der Waals surface area contributed by atoms with E-state index < -0.39 is 10.2 Å². The molecule has 1 aliphatic heterocycles. The Kier molecular flexibility index (Phi) is 6.62. The number of hydrogen-bond acceptors (Lipinski definition) is 4. The molecule has 24 heavy (non-hydrogen) atoms. The predicted octanol–water partition coefficient (Wildman–Crippen LogP) is 2.13. The summed E-state index contributed by atoms with van der Waals surface area (Å²) in [5, 5.41) is 0. The van der Waals surface area contributed by atoms with Gasteiger partial charge in [-0.3, -0.25) is 0 Å². The Morgan fingerprint density at radius 3 is 2.50 bits per heavy atom. The molecule has 0 saturated carbocycles. The van der Waals surface area contributed by atoms with E-state index in [1.165, 1.54) is 4.31 Å². The quantitative estimate of drug-likeness (QED) is 0.760. The second-order valence-corrected chi connectivity index (χ2v) is 8.27. The molecule has 1 aliphatic rings. The molecular formula is C17H28N2O4S. The summed E-state index contributed by atoms with van der Waals surface area (Å²) < 4.78 is 40.1. The Labute approximate surface area is 145 Å². The minimum atomic E-state index is -3.51. The summed E-state index contributed by atoms with van der Waals surface area (Å²) in [6.07, 6.45) is -0.195. The van der Waals surface area contributed by atoms with Crippen LogP contribution in [0.4, 0.5) is 0 Å². The average Bonchev–Trinajstić information content (AvgIpc) is 2.51. The molecule has 0 aromatic heterocycles. The van der Waals surface area contributed by atoms with Gasteiger partial charge in [-0.15, -0.1) is 0 Å².